The highest BCUT2D eigenvalue weighted by Crippen LogP contribution is 2.49. The monoisotopic (exact) mass is 348 g/mol. The summed E-state index contributed by atoms with van der Waals surface area (Å²) < 4.78 is 0. The third-order valence-corrected chi connectivity index (χ3v) is 4.69. The number of nitrogens with two attached hydrogens (primary N) is 1. The zero-order chi connectivity index (χ0) is 16.6. The number of carbonyl (C=O) groups excluding carboxylic acids is 2. The standard InChI is InChI=1S/C17H14Cl2N2O2/c18-13-6-5-9(7-14(13)19)11-8-12(11)17(23)21-15-4-2-1-3-10(15)16(20)22/h1-7,11-12H,8H2,(H2,20,22)(H,21,23). The molecule has 0 spiro atoms. The summed E-state index contributed by atoms with van der Waals surface area (Å²) in [5, 5.41) is 3.75. The average Bonchev–Trinajstić information content (AvgIpc) is 3.31. The summed E-state index contributed by atoms with van der Waals surface area (Å²) >= 11 is 11.9. The molecule has 1 saturated carbocycles. The lowest BCUT2D eigenvalue weighted by atomic mass is 10.1. The first-order chi connectivity index (χ1) is 11.0. The fraction of sp³-hybridized carbons (Fsp3) is 0.176. The van der Waals surface area contributed by atoms with Crippen molar-refractivity contribution in [1.29, 1.82) is 0 Å². The second-order valence-corrected chi connectivity index (χ2v) is 6.34. The number of halogens is 2. The quantitative estimate of drug-likeness (QED) is 0.880. The van der Waals surface area contributed by atoms with Crippen molar-refractivity contribution in [2.24, 2.45) is 11.7 Å². The van der Waals surface area contributed by atoms with Crippen LogP contribution in [0.1, 0.15) is 28.3 Å². The fourth-order valence-electron chi connectivity index (χ4n) is 2.63. The molecule has 2 unspecified atom stereocenters. The predicted molar refractivity (Wildman–Crippen MR) is 90.9 cm³/mol. The van der Waals surface area contributed by atoms with Crippen LogP contribution in [0.25, 0.3) is 0 Å². The molecule has 0 saturated heterocycles. The normalized spacial score (nSPS) is 19.2. The van der Waals surface area contributed by atoms with Crippen molar-refractivity contribution in [3.05, 3.63) is 63.6 Å². The number of hydrogen-bond acceptors (Lipinski definition) is 2. The summed E-state index contributed by atoms with van der Waals surface area (Å²) in [7, 11) is 0. The minimum absolute atomic E-state index is 0.116. The summed E-state index contributed by atoms with van der Waals surface area (Å²) in [6.45, 7) is 0. The maximum absolute atomic E-state index is 12.4. The first-order valence-electron chi connectivity index (χ1n) is 7.12. The molecule has 2 amide bonds. The molecule has 2 aromatic carbocycles. The van der Waals surface area contributed by atoms with Gasteiger partial charge in [-0.2, -0.15) is 0 Å². The highest BCUT2D eigenvalue weighted by molar-refractivity contribution is 6.42. The van der Waals surface area contributed by atoms with E-state index >= 15 is 0 Å². The van der Waals surface area contributed by atoms with Crippen LogP contribution in [0.4, 0.5) is 5.69 Å². The average molecular weight is 349 g/mol. The Morgan fingerprint density at radius 1 is 1.09 bits per heavy atom. The SMILES string of the molecule is NC(=O)c1ccccc1NC(=O)C1CC1c1ccc(Cl)c(Cl)c1. The van der Waals surface area contributed by atoms with Crippen molar-refractivity contribution in [3.8, 4) is 0 Å². The van der Waals surface area contributed by atoms with Crippen LogP contribution >= 0.6 is 23.2 Å². The van der Waals surface area contributed by atoms with E-state index in [9.17, 15) is 9.59 Å². The van der Waals surface area contributed by atoms with Crippen LogP contribution in [0, 0.1) is 5.92 Å². The molecular formula is C17H14Cl2N2O2. The maximum atomic E-state index is 12.4. The molecule has 2 atom stereocenters. The molecule has 0 heterocycles. The molecule has 0 radical (unpaired) electrons. The molecule has 2 aromatic rings. The van der Waals surface area contributed by atoms with Gasteiger partial charge in [0.25, 0.3) is 5.91 Å². The van der Waals surface area contributed by atoms with Gasteiger partial charge < -0.3 is 11.1 Å². The van der Waals surface area contributed by atoms with Crippen LogP contribution in [-0.4, -0.2) is 11.8 Å². The minimum atomic E-state index is -0.572. The summed E-state index contributed by atoms with van der Waals surface area (Å²) in [4.78, 5) is 23.8. The molecule has 0 bridgehead atoms. The Labute approximate surface area is 143 Å². The van der Waals surface area contributed by atoms with Crippen LogP contribution in [0.5, 0.6) is 0 Å². The number of benzene rings is 2. The molecule has 1 aliphatic carbocycles. The minimum Gasteiger partial charge on any atom is -0.366 e. The van der Waals surface area contributed by atoms with Gasteiger partial charge in [-0.05, 0) is 42.2 Å². The molecule has 23 heavy (non-hydrogen) atoms. The van der Waals surface area contributed by atoms with E-state index in [0.717, 1.165) is 12.0 Å². The zero-order valence-electron chi connectivity index (χ0n) is 12.1. The van der Waals surface area contributed by atoms with Gasteiger partial charge in [-0.3, -0.25) is 9.59 Å². The van der Waals surface area contributed by atoms with Crippen LogP contribution in [0.15, 0.2) is 42.5 Å². The molecule has 3 N–H and O–H groups in total. The number of hydrogen-bond donors (Lipinski definition) is 2. The van der Waals surface area contributed by atoms with Crippen molar-refractivity contribution in [2.75, 3.05) is 5.32 Å². The zero-order valence-corrected chi connectivity index (χ0v) is 13.6. The van der Waals surface area contributed by atoms with E-state index in [-0.39, 0.29) is 17.7 Å². The van der Waals surface area contributed by atoms with Crippen LogP contribution < -0.4 is 11.1 Å². The molecule has 118 valence electrons. The number of primary amides is 1. The Kier molecular flexibility index (Phi) is 4.28. The summed E-state index contributed by atoms with van der Waals surface area (Å²) in [6.07, 6.45) is 0.739. The lowest BCUT2D eigenvalue weighted by molar-refractivity contribution is -0.117. The van der Waals surface area contributed by atoms with Crippen LogP contribution in [0.3, 0.4) is 0 Å². The van der Waals surface area contributed by atoms with E-state index in [0.29, 0.717) is 21.3 Å². The molecule has 0 aliphatic heterocycles. The Morgan fingerprint density at radius 3 is 2.52 bits per heavy atom. The Hall–Kier alpha value is -2.04. The Bertz CT molecular complexity index is 792. The van der Waals surface area contributed by atoms with Gasteiger partial charge in [0.1, 0.15) is 0 Å². The van der Waals surface area contributed by atoms with Gasteiger partial charge in [-0.25, -0.2) is 0 Å². The van der Waals surface area contributed by atoms with E-state index in [1.165, 1.54) is 0 Å². The van der Waals surface area contributed by atoms with Gasteiger partial charge in [0.15, 0.2) is 0 Å². The maximum Gasteiger partial charge on any atom is 0.250 e. The molecular weight excluding hydrogens is 335 g/mol. The van der Waals surface area contributed by atoms with Crippen LogP contribution in [-0.2, 0) is 4.79 Å². The third kappa shape index (κ3) is 3.33. The van der Waals surface area contributed by atoms with Gasteiger partial charge >= 0.3 is 0 Å². The largest absolute Gasteiger partial charge is 0.366 e. The summed E-state index contributed by atoms with van der Waals surface area (Å²) in [5.41, 5.74) is 7.04. The topological polar surface area (TPSA) is 72.2 Å². The van der Waals surface area contributed by atoms with E-state index in [2.05, 4.69) is 5.32 Å². The second-order valence-electron chi connectivity index (χ2n) is 5.52. The number of carbonyl (C=O) groups is 2. The Morgan fingerprint density at radius 2 is 1.83 bits per heavy atom. The van der Waals surface area contributed by atoms with E-state index < -0.39 is 5.91 Å². The number of para-hydroxylation sites is 1. The number of rotatable bonds is 4. The third-order valence-electron chi connectivity index (χ3n) is 3.95. The van der Waals surface area contributed by atoms with Gasteiger partial charge in [-0.1, -0.05) is 41.4 Å². The summed E-state index contributed by atoms with van der Waals surface area (Å²) in [6, 6.07) is 12.1. The molecule has 6 heteroatoms. The second kappa shape index (κ2) is 6.22. The Balaban J connectivity index is 1.71. The molecule has 3 rings (SSSR count). The molecule has 1 fully saturated rings. The number of nitrogens with one attached hydrogen (secondary N) is 1. The van der Waals surface area contributed by atoms with Gasteiger partial charge in [0.2, 0.25) is 5.91 Å². The molecule has 1 aliphatic rings. The fourth-order valence-corrected chi connectivity index (χ4v) is 2.94. The lowest BCUT2D eigenvalue weighted by Crippen LogP contribution is -2.19. The first kappa shape index (κ1) is 15.8. The van der Waals surface area contributed by atoms with Gasteiger partial charge in [0, 0.05) is 5.92 Å². The lowest BCUT2D eigenvalue weighted by Gasteiger charge is -2.09. The van der Waals surface area contributed by atoms with Crippen LogP contribution in [0.2, 0.25) is 10.0 Å². The van der Waals surface area contributed by atoms with Gasteiger partial charge in [0.05, 0.1) is 21.3 Å². The van der Waals surface area contributed by atoms with Crippen molar-refractivity contribution in [2.45, 2.75) is 12.3 Å². The first-order valence-corrected chi connectivity index (χ1v) is 7.87. The summed E-state index contributed by atoms with van der Waals surface area (Å²) in [5.74, 6) is -0.730. The van der Waals surface area contributed by atoms with E-state index in [1.54, 1.807) is 36.4 Å². The highest BCUT2D eigenvalue weighted by Gasteiger charge is 2.44. The predicted octanol–water partition coefficient (Wildman–Crippen LogP) is 3.83. The van der Waals surface area contributed by atoms with Crippen molar-refractivity contribution < 1.29 is 9.59 Å². The van der Waals surface area contributed by atoms with E-state index in [1.807, 2.05) is 6.07 Å². The molecule has 0 aromatic heterocycles. The van der Waals surface area contributed by atoms with Crippen molar-refractivity contribution in [1.82, 2.24) is 0 Å². The highest BCUT2D eigenvalue weighted by atomic mass is 35.5. The molecule has 4 nitrogen and oxygen atoms in total. The smallest absolute Gasteiger partial charge is 0.250 e. The van der Waals surface area contributed by atoms with E-state index in [4.69, 9.17) is 28.9 Å². The van der Waals surface area contributed by atoms with Gasteiger partial charge in [-0.15, -0.1) is 0 Å². The number of anilines is 1. The van der Waals surface area contributed by atoms with Crippen molar-refractivity contribution >= 4 is 40.7 Å². The van der Waals surface area contributed by atoms with Crippen molar-refractivity contribution in [3.63, 3.8) is 0 Å². The number of amides is 2.